The lowest BCUT2D eigenvalue weighted by Gasteiger charge is -2.41. The van der Waals surface area contributed by atoms with Crippen molar-refractivity contribution in [1.29, 1.82) is 0 Å². The topological polar surface area (TPSA) is 62.7 Å². The smallest absolute Gasteiger partial charge is 0.257 e. The maximum Gasteiger partial charge on any atom is 0.257 e. The number of amides is 1. The first-order valence-electron chi connectivity index (χ1n) is 8.48. The van der Waals surface area contributed by atoms with E-state index >= 15 is 0 Å². The first kappa shape index (κ1) is 21.3. The summed E-state index contributed by atoms with van der Waals surface area (Å²) in [5, 5.41) is 0. The minimum Gasteiger partial charge on any atom is -0.467 e. The van der Waals surface area contributed by atoms with Crippen LogP contribution in [0.2, 0.25) is 0 Å². The van der Waals surface area contributed by atoms with E-state index in [0.717, 1.165) is 38.1 Å². The molecular formula is C17H29Cl2N3O2. The third-order valence-electron chi connectivity index (χ3n) is 5.21. The van der Waals surface area contributed by atoms with Gasteiger partial charge in [-0.05, 0) is 37.7 Å². The normalized spacial score (nSPS) is 24.8. The molecule has 1 aliphatic heterocycles. The van der Waals surface area contributed by atoms with Crippen LogP contribution in [0.3, 0.4) is 0 Å². The van der Waals surface area contributed by atoms with Crippen molar-refractivity contribution in [3.05, 3.63) is 23.7 Å². The number of nitrogens with zero attached hydrogens (tertiary/aromatic N) is 2. The summed E-state index contributed by atoms with van der Waals surface area (Å²) in [4.78, 5) is 17.0. The van der Waals surface area contributed by atoms with Gasteiger partial charge < -0.3 is 15.1 Å². The first-order valence-corrected chi connectivity index (χ1v) is 8.48. The first-order chi connectivity index (χ1) is 10.7. The van der Waals surface area contributed by atoms with Gasteiger partial charge in [0.15, 0.2) is 0 Å². The largest absolute Gasteiger partial charge is 0.467 e. The number of carbonyl (C=O) groups is 1. The molecule has 1 aromatic rings. The molecule has 0 atom stereocenters. The molecule has 1 saturated heterocycles. The van der Waals surface area contributed by atoms with E-state index in [1.165, 1.54) is 31.9 Å². The summed E-state index contributed by atoms with van der Waals surface area (Å²) in [6, 6.07) is 2.49. The van der Waals surface area contributed by atoms with Gasteiger partial charge >= 0.3 is 0 Å². The molecule has 138 valence electrons. The molecular weight excluding hydrogens is 349 g/mol. The molecule has 1 aliphatic carbocycles. The lowest BCUT2D eigenvalue weighted by molar-refractivity contribution is 0.0501. The third-order valence-corrected chi connectivity index (χ3v) is 5.21. The van der Waals surface area contributed by atoms with E-state index in [4.69, 9.17) is 10.2 Å². The molecule has 1 saturated carbocycles. The Morgan fingerprint density at radius 2 is 1.79 bits per heavy atom. The molecule has 0 spiro atoms. The quantitative estimate of drug-likeness (QED) is 0.879. The van der Waals surface area contributed by atoms with Crippen molar-refractivity contribution in [3.8, 4) is 0 Å². The number of hydrogen-bond donors (Lipinski definition) is 1. The van der Waals surface area contributed by atoms with Crippen LogP contribution >= 0.6 is 24.8 Å². The van der Waals surface area contributed by atoms with Crippen molar-refractivity contribution in [2.45, 2.75) is 45.2 Å². The number of nitrogens with two attached hydrogens (primary N) is 1. The molecule has 2 aliphatic rings. The van der Waals surface area contributed by atoms with Gasteiger partial charge in [-0.1, -0.05) is 6.92 Å². The molecule has 5 nitrogen and oxygen atoms in total. The standard InChI is InChI=1S/C17H27N3O2.2ClH/c1-13-2-4-15(5-3-13)19-6-8-20(9-7-19)17(21)14-10-16(11-18)22-12-14;;/h10,12-13,15H,2-9,11,18H2,1H3;2*1H. The number of hydrogen-bond acceptors (Lipinski definition) is 4. The van der Waals surface area contributed by atoms with Crippen LogP contribution in [-0.4, -0.2) is 47.9 Å². The minimum atomic E-state index is 0. The van der Waals surface area contributed by atoms with Crippen molar-refractivity contribution >= 4 is 30.7 Å². The molecule has 2 heterocycles. The monoisotopic (exact) mass is 377 g/mol. The van der Waals surface area contributed by atoms with Gasteiger partial charge in [-0.15, -0.1) is 24.8 Å². The Bertz CT molecular complexity index is 508. The maximum absolute atomic E-state index is 12.5. The summed E-state index contributed by atoms with van der Waals surface area (Å²) in [5.74, 6) is 1.62. The number of furan rings is 1. The fraction of sp³-hybridized carbons (Fsp3) is 0.706. The Hall–Kier alpha value is -0.750. The highest BCUT2D eigenvalue weighted by molar-refractivity contribution is 5.94. The van der Waals surface area contributed by atoms with Gasteiger partial charge in [-0.2, -0.15) is 0 Å². The molecule has 0 aromatic carbocycles. The predicted octanol–water partition coefficient (Wildman–Crippen LogP) is 2.92. The highest BCUT2D eigenvalue weighted by Gasteiger charge is 2.29. The van der Waals surface area contributed by atoms with Crippen molar-refractivity contribution in [1.82, 2.24) is 9.80 Å². The van der Waals surface area contributed by atoms with E-state index in [1.807, 2.05) is 4.90 Å². The lowest BCUT2D eigenvalue weighted by atomic mass is 9.86. The Morgan fingerprint density at radius 3 is 2.33 bits per heavy atom. The number of rotatable bonds is 3. The zero-order valence-corrected chi connectivity index (χ0v) is 15.9. The number of carbonyl (C=O) groups excluding carboxylic acids is 1. The zero-order valence-electron chi connectivity index (χ0n) is 14.3. The van der Waals surface area contributed by atoms with Crippen molar-refractivity contribution in [2.75, 3.05) is 26.2 Å². The van der Waals surface area contributed by atoms with Crippen LogP contribution in [-0.2, 0) is 6.54 Å². The molecule has 2 N–H and O–H groups in total. The zero-order chi connectivity index (χ0) is 15.5. The highest BCUT2D eigenvalue weighted by Crippen LogP contribution is 2.27. The summed E-state index contributed by atoms with van der Waals surface area (Å²) < 4.78 is 5.27. The summed E-state index contributed by atoms with van der Waals surface area (Å²) in [6.07, 6.45) is 6.86. The van der Waals surface area contributed by atoms with Crippen LogP contribution in [0.4, 0.5) is 0 Å². The van der Waals surface area contributed by atoms with Gasteiger partial charge in [0.25, 0.3) is 5.91 Å². The van der Waals surface area contributed by atoms with E-state index in [2.05, 4.69) is 11.8 Å². The second kappa shape index (κ2) is 9.66. The molecule has 1 amide bonds. The van der Waals surface area contributed by atoms with Crippen molar-refractivity contribution in [2.24, 2.45) is 11.7 Å². The Labute approximate surface area is 156 Å². The number of piperazine rings is 1. The van der Waals surface area contributed by atoms with E-state index in [0.29, 0.717) is 17.9 Å². The molecule has 2 fully saturated rings. The Balaban J connectivity index is 0.00000144. The fourth-order valence-corrected chi connectivity index (χ4v) is 3.68. The van der Waals surface area contributed by atoms with Crippen LogP contribution in [0.1, 0.15) is 48.7 Å². The lowest BCUT2D eigenvalue weighted by Crippen LogP contribution is -2.52. The second-order valence-corrected chi connectivity index (χ2v) is 6.75. The minimum absolute atomic E-state index is 0. The third kappa shape index (κ3) is 4.88. The van der Waals surface area contributed by atoms with Crippen LogP contribution in [0.15, 0.2) is 16.7 Å². The molecule has 1 aromatic heterocycles. The molecule has 0 bridgehead atoms. The summed E-state index contributed by atoms with van der Waals surface area (Å²) >= 11 is 0. The van der Waals surface area contributed by atoms with Gasteiger partial charge in [-0.25, -0.2) is 0 Å². The Kier molecular flexibility index (Phi) is 8.57. The Morgan fingerprint density at radius 1 is 1.17 bits per heavy atom. The number of halogens is 2. The molecule has 3 rings (SSSR count). The van der Waals surface area contributed by atoms with E-state index in [-0.39, 0.29) is 30.7 Å². The van der Waals surface area contributed by atoms with Crippen molar-refractivity contribution < 1.29 is 9.21 Å². The summed E-state index contributed by atoms with van der Waals surface area (Å²) in [5.41, 5.74) is 6.15. The summed E-state index contributed by atoms with van der Waals surface area (Å²) in [7, 11) is 0. The second-order valence-electron chi connectivity index (χ2n) is 6.75. The summed E-state index contributed by atoms with van der Waals surface area (Å²) in [6.45, 7) is 6.30. The highest BCUT2D eigenvalue weighted by atomic mass is 35.5. The average molecular weight is 378 g/mol. The van der Waals surface area contributed by atoms with Gasteiger partial charge in [0.2, 0.25) is 0 Å². The van der Waals surface area contributed by atoms with E-state index < -0.39 is 0 Å². The van der Waals surface area contributed by atoms with Gasteiger partial charge in [0.05, 0.1) is 12.1 Å². The average Bonchev–Trinajstić information content (AvgIpc) is 3.04. The molecule has 24 heavy (non-hydrogen) atoms. The SMILES string of the molecule is CC1CCC(N2CCN(C(=O)c3coc(CN)c3)CC2)CC1.Cl.Cl. The molecule has 7 heteroatoms. The van der Waals surface area contributed by atoms with Crippen LogP contribution in [0.5, 0.6) is 0 Å². The molecule has 0 unspecified atom stereocenters. The molecule has 0 radical (unpaired) electrons. The maximum atomic E-state index is 12.5. The van der Waals surface area contributed by atoms with Crippen LogP contribution in [0.25, 0.3) is 0 Å². The van der Waals surface area contributed by atoms with Gasteiger partial charge in [0.1, 0.15) is 12.0 Å². The van der Waals surface area contributed by atoms with E-state index in [1.54, 1.807) is 6.07 Å². The van der Waals surface area contributed by atoms with Gasteiger partial charge in [-0.3, -0.25) is 9.69 Å². The van der Waals surface area contributed by atoms with E-state index in [9.17, 15) is 4.79 Å². The van der Waals surface area contributed by atoms with Gasteiger partial charge in [0, 0.05) is 32.2 Å². The van der Waals surface area contributed by atoms with Crippen LogP contribution in [0, 0.1) is 5.92 Å². The van der Waals surface area contributed by atoms with Crippen molar-refractivity contribution in [3.63, 3.8) is 0 Å². The fourth-order valence-electron chi connectivity index (χ4n) is 3.68. The predicted molar refractivity (Wildman–Crippen MR) is 100.0 cm³/mol. The van der Waals surface area contributed by atoms with Crippen LogP contribution < -0.4 is 5.73 Å².